The molecule has 1 aromatic rings. The number of rotatable bonds is 1. The van der Waals surface area contributed by atoms with Crippen molar-refractivity contribution in [1.29, 1.82) is 0 Å². The molecule has 0 bridgehead atoms. The van der Waals surface area contributed by atoms with E-state index in [2.05, 4.69) is 11.8 Å². The molecule has 0 aromatic carbocycles. The molecule has 0 radical (unpaired) electrons. The van der Waals surface area contributed by atoms with Crippen LogP contribution < -0.4 is 5.73 Å². The van der Waals surface area contributed by atoms with Crippen LogP contribution in [0.3, 0.4) is 0 Å². The number of hydrogen-bond donors (Lipinski definition) is 1. The van der Waals surface area contributed by atoms with Gasteiger partial charge < -0.3 is 15.2 Å². The lowest BCUT2D eigenvalue weighted by atomic mass is 10.3. The van der Waals surface area contributed by atoms with Gasteiger partial charge in [-0.25, -0.2) is 0 Å². The summed E-state index contributed by atoms with van der Waals surface area (Å²) < 4.78 is 10.7. The molecule has 1 fully saturated rings. The van der Waals surface area contributed by atoms with Crippen LogP contribution in [-0.4, -0.2) is 19.8 Å². The summed E-state index contributed by atoms with van der Waals surface area (Å²) in [5, 5.41) is 1.99. The zero-order valence-electron chi connectivity index (χ0n) is 7.66. The van der Waals surface area contributed by atoms with E-state index in [0.29, 0.717) is 19.8 Å². The monoisotopic (exact) mass is 209 g/mol. The Balaban J connectivity index is 2.08. The molecule has 2 rings (SSSR count). The maximum Gasteiger partial charge on any atom is 0.193 e. The minimum Gasteiger partial charge on any atom is -0.345 e. The first-order valence-corrected chi connectivity index (χ1v) is 5.28. The fourth-order valence-corrected chi connectivity index (χ4v) is 2.05. The highest BCUT2D eigenvalue weighted by molar-refractivity contribution is 7.10. The fourth-order valence-electron chi connectivity index (χ4n) is 1.22. The van der Waals surface area contributed by atoms with Gasteiger partial charge in [-0.05, 0) is 6.07 Å². The van der Waals surface area contributed by atoms with Gasteiger partial charge >= 0.3 is 0 Å². The summed E-state index contributed by atoms with van der Waals surface area (Å²) in [4.78, 5) is 1.07. The van der Waals surface area contributed by atoms with E-state index in [9.17, 15) is 0 Å². The molecule has 1 aliphatic heterocycles. The molecule has 0 unspecified atom stereocenters. The Bertz CT molecular complexity index is 358. The summed E-state index contributed by atoms with van der Waals surface area (Å²) in [6.07, 6.45) is -0.187. The molecule has 1 aromatic heterocycles. The molecular formula is C10H11NO2S. The SMILES string of the molecule is NCC#Cc1csc(C2OCCO2)c1. The van der Waals surface area contributed by atoms with Gasteiger partial charge in [-0.15, -0.1) is 11.3 Å². The van der Waals surface area contributed by atoms with Crippen molar-refractivity contribution >= 4 is 11.3 Å². The van der Waals surface area contributed by atoms with E-state index < -0.39 is 0 Å². The zero-order chi connectivity index (χ0) is 9.80. The normalized spacial score (nSPS) is 16.6. The van der Waals surface area contributed by atoms with E-state index in [1.807, 2.05) is 11.4 Å². The van der Waals surface area contributed by atoms with Crippen molar-refractivity contribution in [3.63, 3.8) is 0 Å². The summed E-state index contributed by atoms with van der Waals surface area (Å²) in [6, 6.07) is 1.99. The summed E-state index contributed by atoms with van der Waals surface area (Å²) in [6.45, 7) is 1.74. The zero-order valence-corrected chi connectivity index (χ0v) is 8.47. The molecular weight excluding hydrogens is 198 g/mol. The van der Waals surface area contributed by atoms with E-state index in [1.54, 1.807) is 11.3 Å². The third-order valence-electron chi connectivity index (χ3n) is 1.81. The van der Waals surface area contributed by atoms with Crippen LogP contribution in [0.1, 0.15) is 16.7 Å². The van der Waals surface area contributed by atoms with E-state index in [-0.39, 0.29) is 6.29 Å². The number of thiophene rings is 1. The first kappa shape index (κ1) is 9.69. The summed E-state index contributed by atoms with van der Waals surface area (Å²) in [7, 11) is 0. The molecule has 4 heteroatoms. The summed E-state index contributed by atoms with van der Waals surface area (Å²) >= 11 is 1.60. The van der Waals surface area contributed by atoms with E-state index in [1.165, 1.54) is 0 Å². The molecule has 2 heterocycles. The van der Waals surface area contributed by atoms with Crippen LogP contribution in [0.5, 0.6) is 0 Å². The molecule has 3 nitrogen and oxygen atoms in total. The third-order valence-corrected chi connectivity index (χ3v) is 2.76. The first-order chi connectivity index (χ1) is 6.90. The molecule has 1 saturated heterocycles. The van der Waals surface area contributed by atoms with Crippen LogP contribution in [0, 0.1) is 11.8 Å². The van der Waals surface area contributed by atoms with Gasteiger partial charge in [0.15, 0.2) is 6.29 Å². The van der Waals surface area contributed by atoms with Crippen molar-refractivity contribution in [2.24, 2.45) is 5.73 Å². The number of hydrogen-bond acceptors (Lipinski definition) is 4. The lowest BCUT2D eigenvalue weighted by Crippen LogP contribution is -1.94. The van der Waals surface area contributed by atoms with Crippen LogP contribution in [0.15, 0.2) is 11.4 Å². The van der Waals surface area contributed by atoms with Crippen LogP contribution in [-0.2, 0) is 9.47 Å². The lowest BCUT2D eigenvalue weighted by Gasteiger charge is -2.03. The highest BCUT2D eigenvalue weighted by Gasteiger charge is 2.19. The van der Waals surface area contributed by atoms with E-state index in [4.69, 9.17) is 15.2 Å². The second kappa shape index (κ2) is 4.58. The van der Waals surface area contributed by atoms with Gasteiger partial charge in [-0.3, -0.25) is 0 Å². The average Bonchev–Trinajstić information content (AvgIpc) is 2.85. The Kier molecular flexibility index (Phi) is 3.17. The van der Waals surface area contributed by atoms with Crippen LogP contribution in [0.2, 0.25) is 0 Å². The third kappa shape index (κ3) is 2.14. The molecule has 0 atom stereocenters. The van der Waals surface area contributed by atoms with Gasteiger partial charge in [0.25, 0.3) is 0 Å². The quantitative estimate of drug-likeness (QED) is 0.704. The lowest BCUT2D eigenvalue weighted by molar-refractivity contribution is -0.0413. The summed E-state index contributed by atoms with van der Waals surface area (Å²) in [5.41, 5.74) is 6.27. The van der Waals surface area contributed by atoms with Gasteiger partial charge in [0.2, 0.25) is 0 Å². The molecule has 0 aliphatic carbocycles. The van der Waals surface area contributed by atoms with Crippen molar-refractivity contribution in [2.75, 3.05) is 19.8 Å². The van der Waals surface area contributed by atoms with E-state index >= 15 is 0 Å². The Hall–Kier alpha value is -0.860. The predicted molar refractivity (Wildman–Crippen MR) is 54.9 cm³/mol. The topological polar surface area (TPSA) is 44.5 Å². The average molecular weight is 209 g/mol. The molecule has 0 amide bonds. The molecule has 14 heavy (non-hydrogen) atoms. The van der Waals surface area contributed by atoms with Gasteiger partial charge in [0.05, 0.1) is 24.6 Å². The Morgan fingerprint density at radius 3 is 3.00 bits per heavy atom. The van der Waals surface area contributed by atoms with Crippen molar-refractivity contribution in [2.45, 2.75) is 6.29 Å². The maximum absolute atomic E-state index is 5.37. The van der Waals surface area contributed by atoms with Crippen LogP contribution in [0.4, 0.5) is 0 Å². The maximum atomic E-state index is 5.37. The largest absolute Gasteiger partial charge is 0.345 e. The van der Waals surface area contributed by atoms with Gasteiger partial charge in [-0.1, -0.05) is 11.8 Å². The molecule has 1 aliphatic rings. The van der Waals surface area contributed by atoms with Crippen LogP contribution in [0.25, 0.3) is 0 Å². The van der Waals surface area contributed by atoms with Crippen LogP contribution >= 0.6 is 11.3 Å². The van der Waals surface area contributed by atoms with Gasteiger partial charge in [0, 0.05) is 10.9 Å². The standard InChI is InChI=1S/C10H11NO2S/c11-3-1-2-8-6-9(14-7-8)10-12-4-5-13-10/h6-7,10H,3-5,11H2. The van der Waals surface area contributed by atoms with E-state index in [0.717, 1.165) is 10.4 Å². The summed E-state index contributed by atoms with van der Waals surface area (Å²) in [5.74, 6) is 5.78. The minimum absolute atomic E-state index is 0.187. The molecule has 0 spiro atoms. The molecule has 2 N–H and O–H groups in total. The smallest absolute Gasteiger partial charge is 0.193 e. The Labute approximate surface area is 86.8 Å². The predicted octanol–water partition coefficient (Wildman–Crippen LogP) is 1.10. The molecule has 74 valence electrons. The first-order valence-electron chi connectivity index (χ1n) is 4.41. The Morgan fingerprint density at radius 1 is 1.50 bits per heavy atom. The van der Waals surface area contributed by atoms with Crippen molar-refractivity contribution in [3.8, 4) is 11.8 Å². The number of nitrogens with two attached hydrogens (primary N) is 1. The fraction of sp³-hybridized carbons (Fsp3) is 0.400. The highest BCUT2D eigenvalue weighted by atomic mass is 32.1. The van der Waals surface area contributed by atoms with Crippen molar-refractivity contribution < 1.29 is 9.47 Å². The second-order valence-electron chi connectivity index (χ2n) is 2.82. The highest BCUT2D eigenvalue weighted by Crippen LogP contribution is 2.28. The van der Waals surface area contributed by atoms with Crippen molar-refractivity contribution in [1.82, 2.24) is 0 Å². The number of ether oxygens (including phenoxy) is 2. The van der Waals surface area contributed by atoms with Crippen molar-refractivity contribution in [3.05, 3.63) is 21.9 Å². The minimum atomic E-state index is -0.187. The van der Waals surface area contributed by atoms with Gasteiger partial charge in [0.1, 0.15) is 0 Å². The Morgan fingerprint density at radius 2 is 2.29 bits per heavy atom. The second-order valence-corrected chi connectivity index (χ2v) is 3.76. The van der Waals surface area contributed by atoms with Gasteiger partial charge in [-0.2, -0.15) is 0 Å². The molecule has 0 saturated carbocycles.